The van der Waals surface area contributed by atoms with Crippen molar-refractivity contribution in [2.45, 2.75) is 30.2 Å². The van der Waals surface area contributed by atoms with Gasteiger partial charge in [0.1, 0.15) is 0 Å². The predicted octanol–water partition coefficient (Wildman–Crippen LogP) is 4.28. The zero-order chi connectivity index (χ0) is 22.6. The number of nitrogens with one attached hydrogen (secondary N) is 3. The summed E-state index contributed by atoms with van der Waals surface area (Å²) < 4.78 is 25.7. The largest absolute Gasteiger partial charge is 0.334 e. The van der Waals surface area contributed by atoms with E-state index in [-0.39, 0.29) is 17.2 Å². The quantitative estimate of drug-likeness (QED) is 0.502. The third-order valence-electron chi connectivity index (χ3n) is 5.38. The van der Waals surface area contributed by atoms with E-state index in [9.17, 15) is 13.2 Å². The molecule has 0 unspecified atom stereocenters. The van der Waals surface area contributed by atoms with Crippen LogP contribution in [0.25, 0.3) is 0 Å². The highest BCUT2D eigenvalue weighted by Gasteiger charge is 2.17. The van der Waals surface area contributed by atoms with Crippen molar-refractivity contribution < 1.29 is 13.2 Å². The maximum atomic E-state index is 12.9. The van der Waals surface area contributed by atoms with Crippen LogP contribution in [0.15, 0.2) is 71.6 Å². The molecule has 1 aliphatic rings. The number of fused-ring (bicyclic) bond motifs is 1. The van der Waals surface area contributed by atoms with Gasteiger partial charge in [-0.3, -0.25) is 0 Å². The summed E-state index contributed by atoms with van der Waals surface area (Å²) in [7, 11) is -3.49. The van der Waals surface area contributed by atoms with Gasteiger partial charge in [-0.2, -0.15) is 0 Å². The second kappa shape index (κ2) is 9.73. The van der Waals surface area contributed by atoms with Crippen LogP contribution in [-0.2, 0) is 35.1 Å². The van der Waals surface area contributed by atoms with Crippen molar-refractivity contribution in [2.24, 2.45) is 0 Å². The Kier molecular flexibility index (Phi) is 6.79. The van der Waals surface area contributed by atoms with Gasteiger partial charge >= 0.3 is 6.03 Å². The fourth-order valence-corrected chi connectivity index (χ4v) is 5.20. The summed E-state index contributed by atoms with van der Waals surface area (Å²) in [4.78, 5) is 12.4. The Balaban J connectivity index is 1.37. The van der Waals surface area contributed by atoms with Crippen molar-refractivity contribution in [1.29, 1.82) is 0 Å². The van der Waals surface area contributed by atoms with Crippen LogP contribution in [0, 0.1) is 0 Å². The van der Waals surface area contributed by atoms with Gasteiger partial charge in [-0.25, -0.2) is 13.2 Å². The molecule has 0 saturated carbocycles. The Morgan fingerprint density at radius 1 is 1.00 bits per heavy atom. The summed E-state index contributed by atoms with van der Waals surface area (Å²) in [6.45, 7) is 2.02. The maximum Gasteiger partial charge on any atom is 0.319 e. The van der Waals surface area contributed by atoms with Gasteiger partial charge in [0.05, 0.1) is 10.6 Å². The molecule has 3 aromatic rings. The van der Waals surface area contributed by atoms with E-state index in [0.29, 0.717) is 10.7 Å². The normalized spacial score (nSPS) is 13.3. The first-order valence-electron chi connectivity index (χ1n) is 10.3. The Morgan fingerprint density at radius 3 is 2.56 bits per heavy atom. The van der Waals surface area contributed by atoms with E-state index in [1.807, 2.05) is 36.4 Å². The third-order valence-corrected chi connectivity index (χ3v) is 7.45. The molecule has 0 radical (unpaired) electrons. The molecule has 32 heavy (non-hydrogen) atoms. The van der Waals surface area contributed by atoms with Crippen molar-refractivity contribution >= 4 is 33.2 Å². The zero-order valence-corrected chi connectivity index (χ0v) is 19.0. The first-order valence-corrected chi connectivity index (χ1v) is 12.4. The van der Waals surface area contributed by atoms with Gasteiger partial charge in [-0.1, -0.05) is 48.0 Å². The number of hydrogen-bond acceptors (Lipinski definition) is 4. The Bertz CT molecular complexity index is 1230. The number of carbonyl (C=O) groups excluding carboxylic acids is 1. The molecule has 166 valence electrons. The molecule has 0 atom stereocenters. The number of rotatable bonds is 6. The molecule has 8 heteroatoms. The molecule has 1 aliphatic heterocycles. The van der Waals surface area contributed by atoms with Crippen molar-refractivity contribution in [2.75, 3.05) is 11.9 Å². The molecule has 3 N–H and O–H groups in total. The highest BCUT2D eigenvalue weighted by molar-refractivity contribution is 7.90. The van der Waals surface area contributed by atoms with Crippen molar-refractivity contribution in [3.8, 4) is 0 Å². The molecular weight excluding hydrogens is 446 g/mol. The number of benzene rings is 3. The monoisotopic (exact) mass is 469 g/mol. The molecule has 1 heterocycles. The summed E-state index contributed by atoms with van der Waals surface area (Å²) in [5, 5.41) is 9.33. The highest BCUT2D eigenvalue weighted by Crippen LogP contribution is 2.22. The standard InChI is InChI=1S/C24H24ClN3O3S/c25-23-4-2-1-3-20(23)15-27-24(29)28-21-7-9-22(10-8-21)32(30,31)16-17-5-6-19-14-26-12-11-18(19)13-17/h1-10,13,26H,11-12,14-16H2,(H2,27,28,29). The predicted molar refractivity (Wildman–Crippen MR) is 126 cm³/mol. The lowest BCUT2D eigenvalue weighted by Gasteiger charge is -2.18. The van der Waals surface area contributed by atoms with E-state index in [1.54, 1.807) is 18.2 Å². The second-order valence-corrected chi connectivity index (χ2v) is 10.1. The Hall–Kier alpha value is -2.87. The fraction of sp³-hybridized carbons (Fsp3) is 0.208. The van der Waals surface area contributed by atoms with Gasteiger partial charge in [0.2, 0.25) is 0 Å². The number of urea groups is 1. The first-order chi connectivity index (χ1) is 15.4. The summed E-state index contributed by atoms with van der Waals surface area (Å²) in [6.07, 6.45) is 0.905. The number of hydrogen-bond donors (Lipinski definition) is 3. The fourth-order valence-electron chi connectivity index (χ4n) is 3.66. The minimum absolute atomic E-state index is 0.0567. The summed E-state index contributed by atoms with van der Waals surface area (Å²) in [5.74, 6) is -0.0567. The van der Waals surface area contributed by atoms with E-state index in [4.69, 9.17) is 11.6 Å². The van der Waals surface area contributed by atoms with Crippen LogP contribution in [0.2, 0.25) is 5.02 Å². The van der Waals surface area contributed by atoms with Crippen molar-refractivity contribution in [3.05, 3.63) is 94.0 Å². The molecule has 0 fully saturated rings. The van der Waals surface area contributed by atoms with E-state index < -0.39 is 15.9 Å². The lowest BCUT2D eigenvalue weighted by Crippen LogP contribution is -2.28. The van der Waals surface area contributed by atoms with E-state index in [2.05, 4.69) is 16.0 Å². The van der Waals surface area contributed by atoms with E-state index in [0.717, 1.165) is 30.6 Å². The molecule has 6 nitrogen and oxygen atoms in total. The molecule has 2 amide bonds. The van der Waals surface area contributed by atoms with Crippen molar-refractivity contribution in [3.63, 3.8) is 0 Å². The molecule has 4 rings (SSSR count). The minimum atomic E-state index is -3.49. The van der Waals surface area contributed by atoms with E-state index >= 15 is 0 Å². The smallest absolute Gasteiger partial charge is 0.319 e. The van der Waals surface area contributed by atoms with Crippen LogP contribution < -0.4 is 16.0 Å². The average Bonchev–Trinajstić information content (AvgIpc) is 2.78. The SMILES string of the molecule is O=C(NCc1ccccc1Cl)Nc1ccc(S(=O)(=O)Cc2ccc3c(c2)CCNC3)cc1. The van der Waals surface area contributed by atoms with Crippen LogP contribution in [0.4, 0.5) is 10.5 Å². The molecule has 0 spiro atoms. The molecule has 0 bridgehead atoms. The zero-order valence-electron chi connectivity index (χ0n) is 17.4. The van der Waals surface area contributed by atoms with Crippen LogP contribution in [0.5, 0.6) is 0 Å². The number of halogens is 1. The first kappa shape index (κ1) is 22.3. The van der Waals surface area contributed by atoms with Gasteiger partial charge in [0, 0.05) is 23.8 Å². The molecule has 3 aromatic carbocycles. The maximum absolute atomic E-state index is 12.9. The molecular formula is C24H24ClN3O3S. The van der Waals surface area contributed by atoms with Gasteiger partial charge in [-0.05, 0) is 65.6 Å². The summed E-state index contributed by atoms with van der Waals surface area (Å²) >= 11 is 6.09. The minimum Gasteiger partial charge on any atom is -0.334 e. The molecule has 0 aliphatic carbocycles. The number of sulfone groups is 1. The third kappa shape index (κ3) is 5.48. The van der Waals surface area contributed by atoms with Crippen LogP contribution in [-0.4, -0.2) is 21.0 Å². The highest BCUT2D eigenvalue weighted by atomic mass is 35.5. The van der Waals surface area contributed by atoms with Gasteiger partial charge in [-0.15, -0.1) is 0 Å². The molecule has 0 saturated heterocycles. The van der Waals surface area contributed by atoms with E-state index in [1.165, 1.54) is 23.3 Å². The number of anilines is 1. The summed E-state index contributed by atoms with van der Waals surface area (Å²) in [5.41, 5.74) is 4.53. The second-order valence-electron chi connectivity index (χ2n) is 7.71. The van der Waals surface area contributed by atoms with Gasteiger partial charge < -0.3 is 16.0 Å². The van der Waals surface area contributed by atoms with Crippen LogP contribution in [0.3, 0.4) is 0 Å². The number of amides is 2. The Morgan fingerprint density at radius 2 is 1.78 bits per heavy atom. The van der Waals surface area contributed by atoms with Crippen LogP contribution >= 0.6 is 11.6 Å². The van der Waals surface area contributed by atoms with Gasteiger partial charge in [0.25, 0.3) is 0 Å². The average molecular weight is 470 g/mol. The summed E-state index contributed by atoms with van der Waals surface area (Å²) in [6, 6.07) is 18.9. The molecule has 0 aromatic heterocycles. The lowest BCUT2D eigenvalue weighted by molar-refractivity contribution is 0.251. The Labute approximate surface area is 192 Å². The van der Waals surface area contributed by atoms with Gasteiger partial charge in [0.15, 0.2) is 9.84 Å². The van der Waals surface area contributed by atoms with Crippen molar-refractivity contribution in [1.82, 2.24) is 10.6 Å². The number of carbonyl (C=O) groups is 1. The topological polar surface area (TPSA) is 87.3 Å². The lowest BCUT2D eigenvalue weighted by atomic mass is 9.99. The van der Waals surface area contributed by atoms with Crippen LogP contribution in [0.1, 0.15) is 22.3 Å².